The second-order valence-electron chi connectivity index (χ2n) is 3.76. The van der Waals surface area contributed by atoms with Gasteiger partial charge in [0.15, 0.2) is 10.9 Å². The average Bonchev–Trinajstić information content (AvgIpc) is 2.90. The third kappa shape index (κ3) is 1.85. The van der Waals surface area contributed by atoms with Crippen LogP contribution in [-0.4, -0.2) is 15.0 Å². The first-order valence-electron chi connectivity index (χ1n) is 5.32. The van der Waals surface area contributed by atoms with E-state index in [2.05, 4.69) is 26.3 Å². The van der Waals surface area contributed by atoms with Gasteiger partial charge in [0.1, 0.15) is 18.0 Å². The smallest absolute Gasteiger partial charge is 0.188 e. The van der Waals surface area contributed by atoms with E-state index in [1.165, 1.54) is 29.5 Å². The van der Waals surface area contributed by atoms with Gasteiger partial charge in [-0.15, -0.1) is 11.3 Å². The highest BCUT2D eigenvalue weighted by Crippen LogP contribution is 2.31. The molecular formula is C11H9N5S. The third-order valence-corrected chi connectivity index (χ3v) is 3.73. The summed E-state index contributed by atoms with van der Waals surface area (Å²) in [6.45, 7) is 0. The van der Waals surface area contributed by atoms with Crippen LogP contribution in [0.3, 0.4) is 0 Å². The number of hydrogen-bond acceptors (Lipinski definition) is 6. The molecule has 0 aliphatic heterocycles. The van der Waals surface area contributed by atoms with Crippen LogP contribution in [0.2, 0.25) is 0 Å². The molecule has 0 amide bonds. The summed E-state index contributed by atoms with van der Waals surface area (Å²) in [6, 6.07) is 2.05. The standard InChI is InChI=1S/C11H9N5S/c12-4-7-5-13-6-14-10(7)16-11-15-8-2-1-3-9(8)17-11/h5-6H,1-3H2,(H,13,14,15,16). The Labute approximate surface area is 102 Å². The van der Waals surface area contributed by atoms with E-state index in [0.717, 1.165) is 18.0 Å². The molecule has 1 N–H and O–H groups in total. The number of nitrogens with zero attached hydrogens (tertiary/aromatic N) is 4. The molecule has 2 heterocycles. The summed E-state index contributed by atoms with van der Waals surface area (Å²) in [5.41, 5.74) is 1.62. The van der Waals surface area contributed by atoms with E-state index in [4.69, 9.17) is 5.26 Å². The van der Waals surface area contributed by atoms with Crippen LogP contribution in [-0.2, 0) is 12.8 Å². The van der Waals surface area contributed by atoms with Crippen molar-refractivity contribution >= 4 is 22.3 Å². The first-order valence-corrected chi connectivity index (χ1v) is 6.14. The van der Waals surface area contributed by atoms with Crippen LogP contribution < -0.4 is 5.32 Å². The zero-order chi connectivity index (χ0) is 11.7. The fourth-order valence-corrected chi connectivity index (χ4v) is 2.91. The van der Waals surface area contributed by atoms with Gasteiger partial charge in [0.2, 0.25) is 0 Å². The molecule has 0 unspecified atom stereocenters. The molecule has 6 heteroatoms. The van der Waals surface area contributed by atoms with Crippen LogP contribution in [0.1, 0.15) is 22.6 Å². The normalized spacial score (nSPS) is 13.1. The molecule has 0 aromatic carbocycles. The Morgan fingerprint density at radius 2 is 2.35 bits per heavy atom. The quantitative estimate of drug-likeness (QED) is 0.873. The van der Waals surface area contributed by atoms with E-state index in [-0.39, 0.29) is 0 Å². The van der Waals surface area contributed by atoms with E-state index < -0.39 is 0 Å². The Morgan fingerprint density at radius 3 is 3.18 bits per heavy atom. The van der Waals surface area contributed by atoms with Crippen molar-refractivity contribution in [1.29, 1.82) is 5.26 Å². The summed E-state index contributed by atoms with van der Waals surface area (Å²) < 4.78 is 0. The predicted molar refractivity (Wildman–Crippen MR) is 64.2 cm³/mol. The molecule has 3 rings (SSSR count). The highest BCUT2D eigenvalue weighted by atomic mass is 32.1. The van der Waals surface area contributed by atoms with Crippen LogP contribution in [0, 0.1) is 11.3 Å². The second kappa shape index (κ2) is 4.11. The molecule has 1 aliphatic rings. The van der Waals surface area contributed by atoms with Crippen molar-refractivity contribution in [2.45, 2.75) is 19.3 Å². The predicted octanol–water partition coefficient (Wildman–Crippen LogP) is 2.04. The molecule has 0 atom stereocenters. The third-order valence-electron chi connectivity index (χ3n) is 2.65. The fourth-order valence-electron chi connectivity index (χ4n) is 1.86. The first kappa shape index (κ1) is 10.2. The Bertz CT molecular complexity index is 577. The summed E-state index contributed by atoms with van der Waals surface area (Å²) in [6.07, 6.45) is 6.29. The van der Waals surface area contributed by atoms with E-state index >= 15 is 0 Å². The summed E-state index contributed by atoms with van der Waals surface area (Å²) in [5, 5.41) is 12.8. The Morgan fingerprint density at radius 1 is 1.41 bits per heavy atom. The van der Waals surface area contributed by atoms with Gasteiger partial charge in [-0.05, 0) is 19.3 Å². The molecule has 2 aromatic rings. The molecule has 0 saturated heterocycles. The minimum Gasteiger partial charge on any atom is -0.315 e. The van der Waals surface area contributed by atoms with Gasteiger partial charge in [-0.2, -0.15) is 5.26 Å². The van der Waals surface area contributed by atoms with Gasteiger partial charge in [-0.3, -0.25) is 0 Å². The number of aryl methyl sites for hydroxylation is 2. The molecule has 0 spiro atoms. The van der Waals surface area contributed by atoms with Crippen LogP contribution in [0.15, 0.2) is 12.5 Å². The summed E-state index contributed by atoms with van der Waals surface area (Å²) in [4.78, 5) is 13.7. The SMILES string of the molecule is N#Cc1cncnc1Nc1nc2c(s1)CCC2. The minimum atomic E-state index is 0.433. The zero-order valence-electron chi connectivity index (χ0n) is 8.97. The van der Waals surface area contributed by atoms with Crippen LogP contribution >= 0.6 is 11.3 Å². The van der Waals surface area contributed by atoms with Gasteiger partial charge in [-0.25, -0.2) is 15.0 Å². The number of aromatic nitrogens is 3. The molecule has 84 valence electrons. The van der Waals surface area contributed by atoms with Crippen molar-refractivity contribution < 1.29 is 0 Å². The van der Waals surface area contributed by atoms with Gasteiger partial charge in [-0.1, -0.05) is 0 Å². The number of nitrogens with one attached hydrogen (secondary N) is 1. The van der Waals surface area contributed by atoms with Gasteiger partial charge in [0.05, 0.1) is 11.9 Å². The number of nitriles is 1. The van der Waals surface area contributed by atoms with Gasteiger partial charge in [0, 0.05) is 4.88 Å². The van der Waals surface area contributed by atoms with E-state index in [1.54, 1.807) is 11.3 Å². The maximum atomic E-state index is 8.93. The Kier molecular flexibility index (Phi) is 2.46. The highest BCUT2D eigenvalue weighted by Gasteiger charge is 2.17. The van der Waals surface area contributed by atoms with Crippen LogP contribution in [0.25, 0.3) is 0 Å². The molecule has 0 radical (unpaired) electrons. The van der Waals surface area contributed by atoms with Gasteiger partial charge < -0.3 is 5.32 Å². The second-order valence-corrected chi connectivity index (χ2v) is 4.85. The number of hydrogen-bond donors (Lipinski definition) is 1. The molecule has 5 nitrogen and oxygen atoms in total. The molecule has 17 heavy (non-hydrogen) atoms. The molecular weight excluding hydrogens is 234 g/mol. The van der Waals surface area contributed by atoms with Crippen molar-refractivity contribution in [2.24, 2.45) is 0 Å². The summed E-state index contributed by atoms with van der Waals surface area (Å²) in [5.74, 6) is 0.523. The summed E-state index contributed by atoms with van der Waals surface area (Å²) in [7, 11) is 0. The monoisotopic (exact) mass is 243 g/mol. The van der Waals surface area contributed by atoms with Gasteiger partial charge in [0.25, 0.3) is 0 Å². The number of anilines is 2. The van der Waals surface area contributed by atoms with Crippen LogP contribution in [0.4, 0.5) is 10.9 Å². The lowest BCUT2D eigenvalue weighted by molar-refractivity contribution is 0.900. The van der Waals surface area contributed by atoms with Gasteiger partial charge >= 0.3 is 0 Å². The lowest BCUT2D eigenvalue weighted by Crippen LogP contribution is -1.97. The number of rotatable bonds is 2. The number of thiazole rings is 1. The minimum absolute atomic E-state index is 0.433. The molecule has 2 aromatic heterocycles. The fraction of sp³-hybridized carbons (Fsp3) is 0.273. The largest absolute Gasteiger partial charge is 0.315 e. The Hall–Kier alpha value is -2.00. The van der Waals surface area contributed by atoms with Crippen molar-refractivity contribution in [3.05, 3.63) is 28.7 Å². The zero-order valence-corrected chi connectivity index (χ0v) is 9.79. The summed E-state index contributed by atoms with van der Waals surface area (Å²) >= 11 is 1.64. The topological polar surface area (TPSA) is 74.5 Å². The maximum absolute atomic E-state index is 8.93. The maximum Gasteiger partial charge on any atom is 0.188 e. The lowest BCUT2D eigenvalue weighted by atomic mass is 10.3. The molecule has 0 bridgehead atoms. The molecule has 1 aliphatic carbocycles. The highest BCUT2D eigenvalue weighted by molar-refractivity contribution is 7.15. The van der Waals surface area contributed by atoms with Crippen molar-refractivity contribution in [3.63, 3.8) is 0 Å². The molecule has 0 fully saturated rings. The van der Waals surface area contributed by atoms with E-state index in [9.17, 15) is 0 Å². The van der Waals surface area contributed by atoms with Crippen molar-refractivity contribution in [2.75, 3.05) is 5.32 Å². The molecule has 0 saturated carbocycles. The number of fused-ring (bicyclic) bond motifs is 1. The van der Waals surface area contributed by atoms with Crippen LogP contribution in [0.5, 0.6) is 0 Å². The first-order chi connectivity index (χ1) is 8.36. The van der Waals surface area contributed by atoms with Crippen molar-refractivity contribution in [1.82, 2.24) is 15.0 Å². The lowest BCUT2D eigenvalue weighted by Gasteiger charge is -2.02. The van der Waals surface area contributed by atoms with E-state index in [0.29, 0.717) is 11.4 Å². The van der Waals surface area contributed by atoms with E-state index in [1.807, 2.05) is 0 Å². The van der Waals surface area contributed by atoms with Crippen molar-refractivity contribution in [3.8, 4) is 6.07 Å². The Balaban J connectivity index is 1.89. The average molecular weight is 243 g/mol.